The maximum atomic E-state index is 10.8. The molecule has 0 N–H and O–H groups in total. The average Bonchev–Trinajstić information content (AvgIpc) is 2.19. The number of ether oxygens (including phenoxy) is 1. The van der Waals surface area contributed by atoms with Crippen molar-refractivity contribution in [3.8, 4) is 0 Å². The monoisotopic (exact) mass is 274 g/mol. The van der Waals surface area contributed by atoms with Gasteiger partial charge < -0.3 is 4.74 Å². The Balaban J connectivity index is 2.90. The molecule has 0 amide bonds. The topological polar surface area (TPSA) is 26.3 Å². The Hall–Kier alpha value is -0.800. The standard InChI is InChI=1S/C10H8BrClO2/c1-14-10(13)5-2-7-6-8(11)3-4-9(7)12/h2-6H,1H3/b5-2+. The Bertz CT molecular complexity index is 374. The van der Waals surface area contributed by atoms with E-state index in [0.717, 1.165) is 10.0 Å². The van der Waals surface area contributed by atoms with Crippen LogP contribution in [0, 0.1) is 0 Å². The van der Waals surface area contributed by atoms with Crippen LogP contribution in [0.2, 0.25) is 5.02 Å². The van der Waals surface area contributed by atoms with Crippen molar-refractivity contribution in [2.75, 3.05) is 7.11 Å². The summed E-state index contributed by atoms with van der Waals surface area (Å²) in [5.41, 5.74) is 0.770. The second-order valence-corrected chi connectivity index (χ2v) is 3.85. The van der Waals surface area contributed by atoms with Gasteiger partial charge in [-0.05, 0) is 29.8 Å². The molecule has 2 nitrogen and oxygen atoms in total. The highest BCUT2D eigenvalue weighted by Gasteiger charge is 1.98. The minimum absolute atomic E-state index is 0.402. The Kier molecular flexibility index (Phi) is 4.17. The number of hydrogen-bond donors (Lipinski definition) is 0. The molecule has 0 aliphatic rings. The third-order valence-corrected chi connectivity index (χ3v) is 2.40. The minimum atomic E-state index is -0.402. The zero-order chi connectivity index (χ0) is 10.6. The minimum Gasteiger partial charge on any atom is -0.466 e. The molecule has 0 aromatic heterocycles. The average molecular weight is 276 g/mol. The first-order valence-electron chi connectivity index (χ1n) is 3.84. The van der Waals surface area contributed by atoms with Crippen LogP contribution in [-0.4, -0.2) is 13.1 Å². The van der Waals surface area contributed by atoms with Crippen molar-refractivity contribution in [2.24, 2.45) is 0 Å². The molecular formula is C10H8BrClO2. The fraction of sp³-hybridized carbons (Fsp3) is 0.100. The molecule has 1 rings (SSSR count). The molecule has 0 bridgehead atoms. The van der Waals surface area contributed by atoms with E-state index in [1.165, 1.54) is 13.2 Å². The van der Waals surface area contributed by atoms with Gasteiger partial charge in [0.1, 0.15) is 0 Å². The van der Waals surface area contributed by atoms with Gasteiger partial charge in [-0.3, -0.25) is 0 Å². The molecule has 4 heteroatoms. The molecule has 0 fully saturated rings. The summed E-state index contributed by atoms with van der Waals surface area (Å²) in [5.74, 6) is -0.402. The van der Waals surface area contributed by atoms with E-state index < -0.39 is 5.97 Å². The summed E-state index contributed by atoms with van der Waals surface area (Å²) < 4.78 is 5.37. The Labute approximate surface area is 95.6 Å². The maximum Gasteiger partial charge on any atom is 0.330 e. The van der Waals surface area contributed by atoms with Gasteiger partial charge in [-0.1, -0.05) is 27.5 Å². The van der Waals surface area contributed by atoms with Crippen molar-refractivity contribution < 1.29 is 9.53 Å². The summed E-state index contributed by atoms with van der Waals surface area (Å²) in [6, 6.07) is 5.40. The molecule has 1 aromatic rings. The SMILES string of the molecule is COC(=O)/C=C/c1cc(Br)ccc1Cl. The first kappa shape index (κ1) is 11.3. The number of benzene rings is 1. The summed E-state index contributed by atoms with van der Waals surface area (Å²) in [6.07, 6.45) is 2.94. The van der Waals surface area contributed by atoms with Crippen LogP contribution >= 0.6 is 27.5 Å². The third-order valence-electron chi connectivity index (χ3n) is 1.56. The highest BCUT2D eigenvalue weighted by molar-refractivity contribution is 9.10. The number of esters is 1. The van der Waals surface area contributed by atoms with Gasteiger partial charge in [0.15, 0.2) is 0 Å². The lowest BCUT2D eigenvalue weighted by Crippen LogP contribution is -1.93. The van der Waals surface area contributed by atoms with Crippen LogP contribution in [0.1, 0.15) is 5.56 Å². The number of hydrogen-bond acceptors (Lipinski definition) is 2. The van der Waals surface area contributed by atoms with Gasteiger partial charge in [0.2, 0.25) is 0 Å². The van der Waals surface area contributed by atoms with E-state index in [1.807, 2.05) is 12.1 Å². The van der Waals surface area contributed by atoms with Crippen molar-refractivity contribution >= 4 is 39.6 Å². The number of halogens is 2. The summed E-state index contributed by atoms with van der Waals surface area (Å²) in [6.45, 7) is 0. The van der Waals surface area contributed by atoms with Crippen molar-refractivity contribution in [3.63, 3.8) is 0 Å². The van der Waals surface area contributed by atoms with Crippen LogP contribution < -0.4 is 0 Å². The summed E-state index contributed by atoms with van der Waals surface area (Å²) in [4.78, 5) is 10.8. The van der Waals surface area contributed by atoms with Gasteiger partial charge in [0.05, 0.1) is 7.11 Å². The third kappa shape index (κ3) is 3.16. The van der Waals surface area contributed by atoms with Crippen LogP contribution in [0.15, 0.2) is 28.7 Å². The molecule has 0 saturated carbocycles. The smallest absolute Gasteiger partial charge is 0.330 e. The molecule has 0 heterocycles. The van der Waals surface area contributed by atoms with Crippen molar-refractivity contribution in [1.82, 2.24) is 0 Å². The molecule has 0 unspecified atom stereocenters. The van der Waals surface area contributed by atoms with Crippen LogP contribution in [0.25, 0.3) is 6.08 Å². The van der Waals surface area contributed by atoms with Crippen molar-refractivity contribution in [2.45, 2.75) is 0 Å². The van der Waals surface area contributed by atoms with Crippen LogP contribution in [0.4, 0.5) is 0 Å². The zero-order valence-corrected chi connectivity index (χ0v) is 9.80. The van der Waals surface area contributed by atoms with Gasteiger partial charge in [-0.15, -0.1) is 0 Å². The van der Waals surface area contributed by atoms with Crippen LogP contribution in [0.5, 0.6) is 0 Å². The lowest BCUT2D eigenvalue weighted by molar-refractivity contribution is -0.134. The molecule has 0 radical (unpaired) electrons. The van der Waals surface area contributed by atoms with E-state index >= 15 is 0 Å². The van der Waals surface area contributed by atoms with E-state index in [-0.39, 0.29) is 0 Å². The molecule has 0 atom stereocenters. The molecule has 74 valence electrons. The zero-order valence-electron chi connectivity index (χ0n) is 7.46. The molecular weight excluding hydrogens is 267 g/mol. The fourth-order valence-electron chi connectivity index (χ4n) is 0.868. The summed E-state index contributed by atoms with van der Waals surface area (Å²) in [5, 5.41) is 0.591. The number of carbonyl (C=O) groups is 1. The Morgan fingerprint density at radius 2 is 2.29 bits per heavy atom. The Morgan fingerprint density at radius 1 is 1.57 bits per heavy atom. The van der Waals surface area contributed by atoms with E-state index in [4.69, 9.17) is 11.6 Å². The quantitative estimate of drug-likeness (QED) is 0.611. The van der Waals surface area contributed by atoms with E-state index in [1.54, 1.807) is 12.1 Å². The second-order valence-electron chi connectivity index (χ2n) is 2.52. The van der Waals surface area contributed by atoms with E-state index in [0.29, 0.717) is 5.02 Å². The normalized spacial score (nSPS) is 10.5. The molecule has 0 spiro atoms. The van der Waals surface area contributed by atoms with Gasteiger partial charge in [-0.25, -0.2) is 4.79 Å². The Morgan fingerprint density at radius 3 is 2.93 bits per heavy atom. The molecule has 0 saturated heterocycles. The second kappa shape index (κ2) is 5.17. The van der Waals surface area contributed by atoms with Gasteiger partial charge >= 0.3 is 5.97 Å². The van der Waals surface area contributed by atoms with E-state index in [2.05, 4.69) is 20.7 Å². The van der Waals surface area contributed by atoms with Crippen LogP contribution in [-0.2, 0) is 9.53 Å². The first-order valence-corrected chi connectivity index (χ1v) is 5.01. The maximum absolute atomic E-state index is 10.8. The number of rotatable bonds is 2. The van der Waals surface area contributed by atoms with Crippen molar-refractivity contribution in [1.29, 1.82) is 0 Å². The predicted molar refractivity (Wildman–Crippen MR) is 60.2 cm³/mol. The number of carbonyl (C=O) groups excluding carboxylic acids is 1. The van der Waals surface area contributed by atoms with Gasteiger partial charge in [-0.2, -0.15) is 0 Å². The van der Waals surface area contributed by atoms with Gasteiger partial charge in [0.25, 0.3) is 0 Å². The fourth-order valence-corrected chi connectivity index (χ4v) is 1.43. The highest BCUT2D eigenvalue weighted by atomic mass is 79.9. The molecule has 14 heavy (non-hydrogen) atoms. The largest absolute Gasteiger partial charge is 0.466 e. The predicted octanol–water partition coefficient (Wildman–Crippen LogP) is 3.29. The first-order chi connectivity index (χ1) is 6.63. The van der Waals surface area contributed by atoms with Crippen LogP contribution in [0.3, 0.4) is 0 Å². The highest BCUT2D eigenvalue weighted by Crippen LogP contribution is 2.21. The lowest BCUT2D eigenvalue weighted by atomic mass is 10.2. The molecule has 1 aromatic carbocycles. The molecule has 0 aliphatic carbocycles. The molecule has 0 aliphatic heterocycles. The van der Waals surface area contributed by atoms with E-state index in [9.17, 15) is 4.79 Å². The van der Waals surface area contributed by atoms with Gasteiger partial charge in [0, 0.05) is 15.6 Å². The lowest BCUT2D eigenvalue weighted by Gasteiger charge is -1.98. The summed E-state index contributed by atoms with van der Waals surface area (Å²) in [7, 11) is 1.33. The number of methoxy groups -OCH3 is 1. The summed E-state index contributed by atoms with van der Waals surface area (Å²) >= 11 is 9.21. The van der Waals surface area contributed by atoms with Crippen molar-refractivity contribution in [3.05, 3.63) is 39.3 Å².